The Morgan fingerprint density at radius 1 is 1.12 bits per heavy atom. The summed E-state index contributed by atoms with van der Waals surface area (Å²) in [6.07, 6.45) is 6.54. The van der Waals surface area contributed by atoms with E-state index in [1.54, 1.807) is 16.2 Å². The normalized spacial score (nSPS) is 18.0. The number of fused-ring (bicyclic) bond motifs is 3. The monoisotopic (exact) mass is 345 g/mol. The van der Waals surface area contributed by atoms with Crippen molar-refractivity contribution in [2.75, 3.05) is 13.1 Å². The number of aryl methyl sites for hydroxylation is 2. The number of hydrogen-bond acceptors (Lipinski definition) is 5. The Bertz CT molecular complexity index is 873. The van der Waals surface area contributed by atoms with Crippen LogP contribution in [0.2, 0.25) is 0 Å². The molecule has 4 rings (SSSR count). The van der Waals surface area contributed by atoms with Gasteiger partial charge in [-0.05, 0) is 31.2 Å². The molecule has 0 radical (unpaired) electrons. The second-order valence-corrected chi connectivity index (χ2v) is 7.57. The van der Waals surface area contributed by atoms with Crippen molar-refractivity contribution in [2.45, 2.75) is 45.1 Å². The summed E-state index contributed by atoms with van der Waals surface area (Å²) < 4.78 is 1.42. The molecule has 3 heterocycles. The van der Waals surface area contributed by atoms with E-state index >= 15 is 0 Å². The van der Waals surface area contributed by atoms with Crippen LogP contribution in [-0.2, 0) is 29.0 Å². The van der Waals surface area contributed by atoms with E-state index in [1.165, 1.54) is 22.2 Å². The molecule has 2 aliphatic rings. The number of carbonyl (C=O) groups is 2. The highest BCUT2D eigenvalue weighted by Gasteiger charge is 2.23. The zero-order valence-corrected chi connectivity index (χ0v) is 14.2. The summed E-state index contributed by atoms with van der Waals surface area (Å²) in [5, 5.41) is 0.707. The number of ketones is 1. The van der Waals surface area contributed by atoms with Crippen LogP contribution in [0.25, 0.3) is 10.2 Å². The van der Waals surface area contributed by atoms with Crippen molar-refractivity contribution in [1.29, 1.82) is 0 Å². The minimum Gasteiger partial charge on any atom is -0.340 e. The van der Waals surface area contributed by atoms with E-state index in [0.717, 1.165) is 29.7 Å². The van der Waals surface area contributed by atoms with E-state index in [-0.39, 0.29) is 23.8 Å². The quantitative estimate of drug-likeness (QED) is 0.827. The Labute approximate surface area is 143 Å². The topological polar surface area (TPSA) is 72.3 Å². The van der Waals surface area contributed by atoms with Crippen molar-refractivity contribution >= 4 is 33.2 Å². The largest absolute Gasteiger partial charge is 0.340 e. The highest BCUT2D eigenvalue weighted by molar-refractivity contribution is 7.18. The zero-order chi connectivity index (χ0) is 16.7. The van der Waals surface area contributed by atoms with Gasteiger partial charge in [0.2, 0.25) is 5.91 Å². The average molecular weight is 345 g/mol. The van der Waals surface area contributed by atoms with Crippen LogP contribution >= 0.6 is 11.3 Å². The first-order chi connectivity index (χ1) is 11.6. The molecule has 24 heavy (non-hydrogen) atoms. The van der Waals surface area contributed by atoms with E-state index in [0.29, 0.717) is 31.3 Å². The number of thiophene rings is 1. The third-order valence-corrected chi connectivity index (χ3v) is 6.12. The van der Waals surface area contributed by atoms with Gasteiger partial charge in [-0.15, -0.1) is 11.3 Å². The van der Waals surface area contributed by atoms with Crippen LogP contribution in [0, 0.1) is 0 Å². The smallest absolute Gasteiger partial charge is 0.262 e. The van der Waals surface area contributed by atoms with Crippen LogP contribution in [0.1, 0.15) is 36.1 Å². The molecule has 7 heteroatoms. The molecule has 1 aliphatic heterocycles. The van der Waals surface area contributed by atoms with Gasteiger partial charge in [0.15, 0.2) is 0 Å². The van der Waals surface area contributed by atoms with Crippen molar-refractivity contribution in [1.82, 2.24) is 14.5 Å². The zero-order valence-electron chi connectivity index (χ0n) is 13.4. The first-order valence-electron chi connectivity index (χ1n) is 8.42. The number of aromatic nitrogens is 2. The van der Waals surface area contributed by atoms with Gasteiger partial charge in [0.1, 0.15) is 17.2 Å². The Kier molecular flexibility index (Phi) is 3.96. The number of carbonyl (C=O) groups excluding carboxylic acids is 2. The summed E-state index contributed by atoms with van der Waals surface area (Å²) in [5.41, 5.74) is 1.03. The van der Waals surface area contributed by atoms with Gasteiger partial charge < -0.3 is 4.90 Å². The molecular weight excluding hydrogens is 326 g/mol. The molecule has 2 aromatic rings. The summed E-state index contributed by atoms with van der Waals surface area (Å²) in [6.45, 7) is 0.909. The van der Waals surface area contributed by atoms with Gasteiger partial charge in [-0.25, -0.2) is 4.98 Å². The molecule has 126 valence electrons. The first kappa shape index (κ1) is 15.5. The fourth-order valence-electron chi connectivity index (χ4n) is 3.55. The molecule has 0 bridgehead atoms. The van der Waals surface area contributed by atoms with Gasteiger partial charge in [0, 0.05) is 30.8 Å². The molecule has 0 aromatic carbocycles. The summed E-state index contributed by atoms with van der Waals surface area (Å²) in [7, 11) is 0. The molecular formula is C17H19N3O3S. The number of Topliss-reactive ketones (excluding diaryl/α,β-unsaturated/α-hetero) is 1. The Balaban J connectivity index is 1.63. The predicted molar refractivity (Wildman–Crippen MR) is 91.3 cm³/mol. The molecule has 1 amide bonds. The lowest BCUT2D eigenvalue weighted by atomic mass is 9.97. The lowest BCUT2D eigenvalue weighted by Crippen LogP contribution is -2.41. The third-order valence-electron chi connectivity index (χ3n) is 4.92. The molecule has 0 N–H and O–H groups in total. The van der Waals surface area contributed by atoms with Crippen molar-refractivity contribution < 1.29 is 9.59 Å². The molecule has 2 aromatic heterocycles. The maximum absolute atomic E-state index is 12.8. The number of nitrogens with zero attached hydrogens (tertiary/aromatic N) is 3. The van der Waals surface area contributed by atoms with Crippen LogP contribution in [0.15, 0.2) is 11.1 Å². The van der Waals surface area contributed by atoms with E-state index in [2.05, 4.69) is 4.98 Å². The second kappa shape index (κ2) is 6.12. The minimum absolute atomic E-state index is 0.000579. The van der Waals surface area contributed by atoms with Crippen LogP contribution in [0.3, 0.4) is 0 Å². The molecule has 0 atom stereocenters. The number of rotatable bonds is 2. The van der Waals surface area contributed by atoms with E-state index < -0.39 is 0 Å². The number of likely N-dealkylation sites (tertiary alicyclic amines) is 1. The van der Waals surface area contributed by atoms with Crippen LogP contribution < -0.4 is 5.56 Å². The van der Waals surface area contributed by atoms with Crippen molar-refractivity contribution in [3.05, 3.63) is 27.1 Å². The number of amides is 1. The van der Waals surface area contributed by atoms with Gasteiger partial charge >= 0.3 is 0 Å². The Morgan fingerprint density at radius 3 is 2.67 bits per heavy atom. The molecule has 1 aliphatic carbocycles. The standard InChI is InChI=1S/C17H19N3O3S/c21-11-5-7-19(8-6-11)14(22)9-20-10-18-16-15(17(20)23)12-3-1-2-4-13(12)24-16/h10H,1-9H2. The highest BCUT2D eigenvalue weighted by atomic mass is 32.1. The molecule has 0 spiro atoms. The van der Waals surface area contributed by atoms with Gasteiger partial charge in [-0.2, -0.15) is 0 Å². The fourth-order valence-corrected chi connectivity index (χ4v) is 4.76. The molecule has 1 saturated heterocycles. The van der Waals surface area contributed by atoms with Gasteiger partial charge in [-0.1, -0.05) is 0 Å². The predicted octanol–water partition coefficient (Wildman–Crippen LogP) is 1.53. The fraction of sp³-hybridized carbons (Fsp3) is 0.529. The Morgan fingerprint density at radius 2 is 1.88 bits per heavy atom. The maximum Gasteiger partial charge on any atom is 0.262 e. The summed E-state index contributed by atoms with van der Waals surface area (Å²) in [5.74, 6) is 0.0825. The van der Waals surface area contributed by atoms with Crippen molar-refractivity contribution in [3.8, 4) is 0 Å². The van der Waals surface area contributed by atoms with Gasteiger partial charge in [0.25, 0.3) is 5.56 Å². The lowest BCUT2D eigenvalue weighted by Gasteiger charge is -2.26. The molecule has 0 unspecified atom stereocenters. The highest BCUT2D eigenvalue weighted by Crippen LogP contribution is 2.33. The maximum atomic E-state index is 12.8. The van der Waals surface area contributed by atoms with Crippen LogP contribution in [-0.4, -0.2) is 39.2 Å². The lowest BCUT2D eigenvalue weighted by molar-refractivity contribution is -0.135. The van der Waals surface area contributed by atoms with Crippen molar-refractivity contribution in [2.24, 2.45) is 0 Å². The number of hydrogen-bond donors (Lipinski definition) is 0. The average Bonchev–Trinajstić information content (AvgIpc) is 2.97. The van der Waals surface area contributed by atoms with Gasteiger partial charge in [0.05, 0.1) is 11.7 Å². The van der Waals surface area contributed by atoms with Crippen LogP contribution in [0.5, 0.6) is 0 Å². The van der Waals surface area contributed by atoms with E-state index in [9.17, 15) is 14.4 Å². The van der Waals surface area contributed by atoms with Gasteiger partial charge in [-0.3, -0.25) is 19.0 Å². The number of piperidine rings is 1. The summed E-state index contributed by atoms with van der Waals surface area (Å²) >= 11 is 1.61. The Hall–Kier alpha value is -2.02. The SMILES string of the molecule is O=C1CCN(C(=O)Cn2cnc3sc4c(c3c2=O)CCCC4)CC1. The molecule has 1 fully saturated rings. The van der Waals surface area contributed by atoms with Crippen LogP contribution in [0.4, 0.5) is 0 Å². The minimum atomic E-state index is -0.116. The summed E-state index contributed by atoms with van der Waals surface area (Å²) in [6, 6.07) is 0. The molecule has 0 saturated carbocycles. The second-order valence-electron chi connectivity index (χ2n) is 6.49. The van der Waals surface area contributed by atoms with Crippen molar-refractivity contribution in [3.63, 3.8) is 0 Å². The molecule has 6 nitrogen and oxygen atoms in total. The first-order valence-corrected chi connectivity index (χ1v) is 9.24. The van der Waals surface area contributed by atoms with E-state index in [1.807, 2.05) is 0 Å². The third kappa shape index (κ3) is 2.66. The van der Waals surface area contributed by atoms with E-state index in [4.69, 9.17) is 0 Å². The summed E-state index contributed by atoms with van der Waals surface area (Å²) in [4.78, 5) is 44.7.